The highest BCUT2D eigenvalue weighted by Gasteiger charge is 2.28. The summed E-state index contributed by atoms with van der Waals surface area (Å²) in [7, 11) is 0. The minimum Gasteiger partial charge on any atom is -0.492 e. The number of pyridine rings is 1. The fourth-order valence-corrected chi connectivity index (χ4v) is 3.50. The first-order valence-corrected chi connectivity index (χ1v) is 9.31. The summed E-state index contributed by atoms with van der Waals surface area (Å²) in [5.41, 5.74) is 2.01. The van der Waals surface area contributed by atoms with Crippen LogP contribution in [0, 0.1) is 5.41 Å². The van der Waals surface area contributed by atoms with Gasteiger partial charge in [-0.1, -0.05) is 50.8 Å². The van der Waals surface area contributed by atoms with E-state index in [-0.39, 0.29) is 5.41 Å². The molecule has 0 spiro atoms. The number of hydrogen-bond acceptors (Lipinski definition) is 5. The summed E-state index contributed by atoms with van der Waals surface area (Å²) in [6, 6.07) is 1.95. The van der Waals surface area contributed by atoms with Crippen molar-refractivity contribution in [3.8, 4) is 5.75 Å². The molecule has 1 N–H and O–H groups in total. The average Bonchev–Trinajstić information content (AvgIpc) is 2.95. The second-order valence-electron chi connectivity index (χ2n) is 6.52. The molecule has 0 unspecified atom stereocenters. The van der Waals surface area contributed by atoms with Crippen LogP contribution < -0.4 is 9.46 Å². The van der Waals surface area contributed by atoms with Gasteiger partial charge in [0, 0.05) is 29.5 Å². The van der Waals surface area contributed by atoms with Crippen molar-refractivity contribution in [1.29, 1.82) is 0 Å². The van der Waals surface area contributed by atoms with Crippen molar-refractivity contribution in [1.82, 2.24) is 14.6 Å². The lowest BCUT2D eigenvalue weighted by Crippen LogP contribution is -2.27. The molecule has 0 bridgehead atoms. The van der Waals surface area contributed by atoms with Crippen LogP contribution >= 0.6 is 11.9 Å². The summed E-state index contributed by atoms with van der Waals surface area (Å²) < 4.78 is 11.2. The molecule has 0 amide bonds. The third-order valence-electron chi connectivity index (χ3n) is 4.59. The van der Waals surface area contributed by atoms with Crippen molar-refractivity contribution in [2.75, 3.05) is 17.6 Å². The number of fused-ring (bicyclic) bond motifs is 1. The number of anilines is 1. The number of rotatable bonds is 6. The van der Waals surface area contributed by atoms with Gasteiger partial charge in [0.25, 0.3) is 0 Å². The maximum Gasteiger partial charge on any atom is 0.239 e. The summed E-state index contributed by atoms with van der Waals surface area (Å²) in [5.74, 6) is 1.55. The van der Waals surface area contributed by atoms with E-state index in [4.69, 9.17) is 4.74 Å². The van der Waals surface area contributed by atoms with Gasteiger partial charge in [-0.15, -0.1) is 10.2 Å². The number of aromatic nitrogens is 3. The molecule has 3 rings (SSSR count). The molecule has 0 radical (unpaired) electrons. The van der Waals surface area contributed by atoms with Gasteiger partial charge in [-0.2, -0.15) is 0 Å². The van der Waals surface area contributed by atoms with Gasteiger partial charge in [0.1, 0.15) is 5.75 Å². The smallest absolute Gasteiger partial charge is 0.239 e. The molecule has 5 nitrogen and oxygen atoms in total. The lowest BCUT2D eigenvalue weighted by Gasteiger charge is -2.33. The third-order valence-corrected chi connectivity index (χ3v) is 4.97. The molecule has 2 heterocycles. The van der Waals surface area contributed by atoms with Crippen LogP contribution in [0.1, 0.15) is 44.6 Å². The monoisotopic (exact) mass is 332 g/mol. The van der Waals surface area contributed by atoms with E-state index >= 15 is 0 Å². The highest BCUT2D eigenvalue weighted by atomic mass is 32.2. The van der Waals surface area contributed by atoms with E-state index in [1.807, 2.05) is 29.0 Å². The average molecular weight is 332 g/mol. The number of nitrogens with zero attached hydrogens (tertiary/aromatic N) is 3. The Balaban J connectivity index is 1.83. The summed E-state index contributed by atoms with van der Waals surface area (Å²) in [4.78, 5) is 0. The molecule has 0 saturated heterocycles. The zero-order valence-corrected chi connectivity index (χ0v) is 14.7. The van der Waals surface area contributed by atoms with Crippen LogP contribution in [-0.2, 0) is 0 Å². The van der Waals surface area contributed by atoms with Crippen LogP contribution in [0.15, 0.2) is 18.8 Å². The quantitative estimate of drug-likeness (QED) is 0.794. The SMILES string of the molecule is C=Cc1cn2c(NSC)nnc2cc1OCC1(C)CCCCC1. The molecule has 2 aromatic heterocycles. The number of hydrogen-bond donors (Lipinski definition) is 1. The van der Waals surface area contributed by atoms with E-state index in [0.29, 0.717) is 5.95 Å². The zero-order valence-electron chi connectivity index (χ0n) is 13.8. The Kier molecular flexibility index (Phi) is 4.80. The van der Waals surface area contributed by atoms with Crippen molar-refractivity contribution >= 4 is 29.6 Å². The molecule has 6 heteroatoms. The van der Waals surface area contributed by atoms with Crippen LogP contribution in [-0.4, -0.2) is 27.5 Å². The Morgan fingerprint density at radius 1 is 1.39 bits per heavy atom. The Hall–Kier alpha value is -1.69. The van der Waals surface area contributed by atoms with Gasteiger partial charge in [0.15, 0.2) is 5.65 Å². The summed E-state index contributed by atoms with van der Waals surface area (Å²) in [5, 5.41) is 8.36. The normalized spacial score (nSPS) is 17.1. The second-order valence-corrected chi connectivity index (χ2v) is 7.13. The Bertz CT molecular complexity index is 691. The number of ether oxygens (including phenoxy) is 1. The predicted octanol–water partition coefficient (Wildman–Crippen LogP) is 4.41. The van der Waals surface area contributed by atoms with Crippen LogP contribution in [0.25, 0.3) is 11.7 Å². The van der Waals surface area contributed by atoms with Crippen molar-refractivity contribution in [2.45, 2.75) is 39.0 Å². The molecule has 23 heavy (non-hydrogen) atoms. The summed E-state index contributed by atoms with van der Waals surface area (Å²) >= 11 is 1.49. The third kappa shape index (κ3) is 3.47. The molecule has 0 aromatic carbocycles. The molecule has 1 saturated carbocycles. The summed E-state index contributed by atoms with van der Waals surface area (Å²) in [6.45, 7) is 6.98. The van der Waals surface area contributed by atoms with Gasteiger partial charge >= 0.3 is 0 Å². The van der Waals surface area contributed by atoms with Gasteiger partial charge in [0.05, 0.1) is 6.61 Å². The van der Waals surface area contributed by atoms with Gasteiger partial charge in [-0.3, -0.25) is 9.12 Å². The molecule has 124 valence electrons. The van der Waals surface area contributed by atoms with Crippen LogP contribution in [0.3, 0.4) is 0 Å². The van der Waals surface area contributed by atoms with Gasteiger partial charge < -0.3 is 4.74 Å². The standard InChI is InChI=1S/C17H24N4OS/c1-4-13-11-21-15(18-19-16(21)20-23-3)10-14(13)22-12-17(2)8-6-5-7-9-17/h4,10-11H,1,5-9,12H2,2-3H3,(H,19,20). The van der Waals surface area contributed by atoms with E-state index in [2.05, 4.69) is 28.4 Å². The molecule has 2 aromatic rings. The highest BCUT2D eigenvalue weighted by molar-refractivity contribution is 7.99. The minimum absolute atomic E-state index is 0.280. The lowest BCUT2D eigenvalue weighted by atomic mass is 9.76. The largest absolute Gasteiger partial charge is 0.492 e. The molecule has 0 atom stereocenters. The predicted molar refractivity (Wildman–Crippen MR) is 96.9 cm³/mol. The minimum atomic E-state index is 0.280. The Morgan fingerprint density at radius 3 is 2.87 bits per heavy atom. The first-order valence-electron chi connectivity index (χ1n) is 8.08. The van der Waals surface area contributed by atoms with Crippen molar-refractivity contribution < 1.29 is 4.74 Å². The lowest BCUT2D eigenvalue weighted by molar-refractivity contribution is 0.116. The van der Waals surface area contributed by atoms with Gasteiger partial charge in [-0.05, 0) is 12.8 Å². The zero-order chi connectivity index (χ0) is 16.3. The van der Waals surface area contributed by atoms with Crippen LogP contribution in [0.2, 0.25) is 0 Å². The maximum absolute atomic E-state index is 6.17. The van der Waals surface area contributed by atoms with E-state index < -0.39 is 0 Å². The molecule has 1 aliphatic rings. The van der Waals surface area contributed by atoms with Crippen molar-refractivity contribution in [2.24, 2.45) is 5.41 Å². The Labute approximate surface area is 141 Å². The topological polar surface area (TPSA) is 51.5 Å². The highest BCUT2D eigenvalue weighted by Crippen LogP contribution is 2.36. The first-order chi connectivity index (χ1) is 11.1. The van der Waals surface area contributed by atoms with Gasteiger partial charge in [-0.25, -0.2) is 0 Å². The first kappa shape index (κ1) is 16.2. The van der Waals surface area contributed by atoms with E-state index in [0.717, 1.165) is 23.6 Å². The molecule has 1 fully saturated rings. The fourth-order valence-electron chi connectivity index (χ4n) is 3.17. The molecular formula is C17H24N4OS. The van der Waals surface area contributed by atoms with Crippen LogP contribution in [0.5, 0.6) is 5.75 Å². The van der Waals surface area contributed by atoms with Gasteiger partial charge in [0.2, 0.25) is 5.95 Å². The number of nitrogens with one attached hydrogen (secondary N) is 1. The van der Waals surface area contributed by atoms with Crippen molar-refractivity contribution in [3.63, 3.8) is 0 Å². The molecular weight excluding hydrogens is 308 g/mol. The Morgan fingerprint density at radius 2 is 2.17 bits per heavy atom. The molecule has 1 aliphatic carbocycles. The van der Waals surface area contributed by atoms with E-state index in [1.165, 1.54) is 44.1 Å². The fraction of sp³-hybridized carbons (Fsp3) is 0.529. The van der Waals surface area contributed by atoms with E-state index in [1.54, 1.807) is 0 Å². The van der Waals surface area contributed by atoms with Crippen molar-refractivity contribution in [3.05, 3.63) is 24.4 Å². The molecule has 0 aliphatic heterocycles. The van der Waals surface area contributed by atoms with Crippen LogP contribution in [0.4, 0.5) is 5.95 Å². The maximum atomic E-state index is 6.17. The summed E-state index contributed by atoms with van der Waals surface area (Å²) in [6.07, 6.45) is 12.2. The van der Waals surface area contributed by atoms with E-state index in [9.17, 15) is 0 Å². The second kappa shape index (κ2) is 6.83.